The van der Waals surface area contributed by atoms with Crippen LogP contribution < -0.4 is 16.0 Å². The lowest BCUT2D eigenvalue weighted by atomic mass is 9.94. The molecule has 4 aromatic carbocycles. The minimum absolute atomic E-state index is 0.0636. The third kappa shape index (κ3) is 9.25. The van der Waals surface area contributed by atoms with Gasteiger partial charge in [0.1, 0.15) is 22.8 Å². The highest BCUT2D eigenvalue weighted by atomic mass is 16.4. The molecule has 0 fully saturated rings. The maximum absolute atomic E-state index is 13.1. The number of carboxylic acids is 1. The molecule has 56 heavy (non-hydrogen) atoms. The average Bonchev–Trinajstić information content (AvgIpc) is 3.19. The third-order valence-corrected chi connectivity index (χ3v) is 8.88. The van der Waals surface area contributed by atoms with Crippen LogP contribution in [-0.4, -0.2) is 60.5 Å². The van der Waals surface area contributed by atoms with E-state index in [1.807, 2.05) is 6.07 Å². The molecular weight excluding hydrogens is 720 g/mol. The van der Waals surface area contributed by atoms with Crippen LogP contribution >= 0.6 is 0 Å². The van der Waals surface area contributed by atoms with Gasteiger partial charge in [-0.3, -0.25) is 29.0 Å². The SMILES string of the molecule is Cc1c(NC(=O)c2ccc(NC(=O)c3ccc(NC(=O)C(CC#N)CC(=O)c4ccc(CC(=O)c5cnccn5)cc4)cc3)c(C)c2O)ccc(C(=O)O)c1O. The van der Waals surface area contributed by atoms with Crippen LogP contribution in [-0.2, 0) is 11.2 Å². The lowest BCUT2D eigenvalue weighted by molar-refractivity contribution is -0.119. The molecule has 0 spiro atoms. The molecule has 15 nitrogen and oxygen atoms in total. The summed E-state index contributed by atoms with van der Waals surface area (Å²) >= 11 is 0. The van der Waals surface area contributed by atoms with Crippen molar-refractivity contribution in [1.82, 2.24) is 9.97 Å². The van der Waals surface area contributed by atoms with Crippen molar-refractivity contribution in [3.05, 3.63) is 136 Å². The van der Waals surface area contributed by atoms with Gasteiger partial charge in [0.25, 0.3) is 11.8 Å². The Hall–Kier alpha value is -7.73. The number of nitriles is 1. The van der Waals surface area contributed by atoms with Crippen molar-refractivity contribution >= 4 is 52.3 Å². The molecule has 1 unspecified atom stereocenters. The first-order valence-electron chi connectivity index (χ1n) is 17.0. The monoisotopic (exact) mass is 754 g/mol. The summed E-state index contributed by atoms with van der Waals surface area (Å²) < 4.78 is 0. The molecule has 1 aromatic heterocycles. The Morgan fingerprint density at radius 3 is 1.89 bits per heavy atom. The van der Waals surface area contributed by atoms with E-state index in [0.29, 0.717) is 16.8 Å². The Bertz CT molecular complexity index is 2390. The highest BCUT2D eigenvalue weighted by Gasteiger charge is 2.24. The Morgan fingerprint density at radius 2 is 1.30 bits per heavy atom. The Morgan fingerprint density at radius 1 is 0.714 bits per heavy atom. The summed E-state index contributed by atoms with van der Waals surface area (Å²) in [6.07, 6.45) is 3.86. The maximum atomic E-state index is 13.1. The second-order valence-corrected chi connectivity index (χ2v) is 12.6. The van der Waals surface area contributed by atoms with Crippen molar-refractivity contribution in [3.63, 3.8) is 0 Å². The van der Waals surface area contributed by atoms with Crippen LogP contribution in [0.15, 0.2) is 91.4 Å². The maximum Gasteiger partial charge on any atom is 0.339 e. The first-order chi connectivity index (χ1) is 26.8. The number of carbonyl (C=O) groups excluding carboxylic acids is 5. The fourth-order valence-corrected chi connectivity index (χ4v) is 5.60. The van der Waals surface area contributed by atoms with E-state index < -0.39 is 41.1 Å². The molecule has 15 heteroatoms. The van der Waals surface area contributed by atoms with Gasteiger partial charge in [-0.2, -0.15) is 5.26 Å². The molecule has 5 rings (SSSR count). The molecule has 0 radical (unpaired) electrons. The highest BCUT2D eigenvalue weighted by molar-refractivity contribution is 6.09. The summed E-state index contributed by atoms with van der Waals surface area (Å²) in [6.45, 7) is 2.91. The summed E-state index contributed by atoms with van der Waals surface area (Å²) in [7, 11) is 0. The van der Waals surface area contributed by atoms with Gasteiger partial charge in [0.05, 0.1) is 23.7 Å². The zero-order valence-electron chi connectivity index (χ0n) is 30.0. The largest absolute Gasteiger partial charge is 0.507 e. The summed E-state index contributed by atoms with van der Waals surface area (Å²) in [6, 6.07) is 19.3. The lowest BCUT2D eigenvalue weighted by Gasteiger charge is -2.15. The predicted octanol–water partition coefficient (Wildman–Crippen LogP) is 5.87. The molecule has 0 aliphatic heterocycles. The molecule has 1 atom stereocenters. The number of aromatic carboxylic acids is 1. The van der Waals surface area contributed by atoms with Gasteiger partial charge in [-0.05, 0) is 67.9 Å². The van der Waals surface area contributed by atoms with Crippen LogP contribution in [0.2, 0.25) is 0 Å². The number of aromatic nitrogens is 2. The van der Waals surface area contributed by atoms with Gasteiger partial charge in [-0.15, -0.1) is 0 Å². The number of phenols is 2. The van der Waals surface area contributed by atoms with Crippen LogP contribution in [0.4, 0.5) is 17.1 Å². The molecule has 0 saturated carbocycles. The van der Waals surface area contributed by atoms with Crippen LogP contribution in [0.3, 0.4) is 0 Å². The number of ketones is 2. The molecule has 0 aliphatic rings. The third-order valence-electron chi connectivity index (χ3n) is 8.88. The van der Waals surface area contributed by atoms with Crippen molar-refractivity contribution in [1.29, 1.82) is 5.26 Å². The predicted molar refractivity (Wildman–Crippen MR) is 203 cm³/mol. The average molecular weight is 755 g/mol. The molecule has 5 aromatic rings. The van der Waals surface area contributed by atoms with Gasteiger partial charge < -0.3 is 31.3 Å². The Labute approximate surface area is 319 Å². The second-order valence-electron chi connectivity index (χ2n) is 12.6. The zero-order valence-corrected chi connectivity index (χ0v) is 30.0. The second kappa shape index (κ2) is 17.4. The van der Waals surface area contributed by atoms with Crippen LogP contribution in [0, 0.1) is 31.1 Å². The summed E-state index contributed by atoms with van der Waals surface area (Å²) in [4.78, 5) is 83.8. The number of nitrogens with zero attached hydrogens (tertiary/aromatic N) is 3. The number of carbonyl (C=O) groups is 6. The molecule has 0 saturated heterocycles. The number of benzene rings is 4. The fraction of sp³-hybridized carbons (Fsp3) is 0.146. The number of carboxylic acid groups (broad SMARTS) is 1. The Kier molecular flexibility index (Phi) is 12.3. The molecule has 6 N–H and O–H groups in total. The number of phenolic OH excluding ortho intramolecular Hbond substituents is 1. The van der Waals surface area contributed by atoms with E-state index in [1.165, 1.54) is 74.9 Å². The number of hydrogen-bond donors (Lipinski definition) is 6. The topological polar surface area (TPSA) is 249 Å². The van der Waals surface area contributed by atoms with E-state index in [1.54, 1.807) is 24.3 Å². The van der Waals surface area contributed by atoms with E-state index >= 15 is 0 Å². The van der Waals surface area contributed by atoms with Crippen molar-refractivity contribution in [2.45, 2.75) is 33.1 Å². The molecule has 0 aliphatic carbocycles. The lowest BCUT2D eigenvalue weighted by Crippen LogP contribution is -2.25. The molecule has 3 amide bonds. The number of aromatic hydroxyl groups is 2. The van der Waals surface area contributed by atoms with Crippen molar-refractivity contribution < 1.29 is 44.1 Å². The first kappa shape index (κ1) is 39.5. The number of rotatable bonds is 14. The van der Waals surface area contributed by atoms with E-state index in [2.05, 4.69) is 25.9 Å². The van der Waals surface area contributed by atoms with Crippen molar-refractivity contribution in [2.75, 3.05) is 16.0 Å². The first-order valence-corrected chi connectivity index (χ1v) is 17.0. The van der Waals surface area contributed by atoms with E-state index in [0.717, 1.165) is 6.07 Å². The summed E-state index contributed by atoms with van der Waals surface area (Å²) in [5.41, 5.74) is 1.86. The van der Waals surface area contributed by atoms with Gasteiger partial charge in [-0.1, -0.05) is 24.3 Å². The van der Waals surface area contributed by atoms with Gasteiger partial charge >= 0.3 is 5.97 Å². The standard InChI is InChI=1S/C41H34N6O9/c1-22-31(13-11-29(36(22)50)40(54)47-32-14-12-30(41(55)56)37(51)23(32)2)46-38(52)26-7-9-28(10-8-26)45-39(53)27(15-16-42)20-34(48)25-5-3-24(4-6-25)19-35(49)33-21-43-17-18-44-33/h3-14,17-18,21,27,50-51H,15,19-20H2,1-2H3,(H,45,53)(H,46,52)(H,47,54)(H,55,56). The number of nitrogens with one attached hydrogen (secondary N) is 3. The van der Waals surface area contributed by atoms with Crippen molar-refractivity contribution in [2.24, 2.45) is 5.92 Å². The number of anilines is 3. The van der Waals surface area contributed by atoms with Gasteiger partial charge in [0, 0.05) is 71.0 Å². The molecule has 1 heterocycles. The van der Waals surface area contributed by atoms with E-state index in [4.69, 9.17) is 0 Å². The summed E-state index contributed by atoms with van der Waals surface area (Å²) in [5, 5.41) is 47.4. The van der Waals surface area contributed by atoms with Gasteiger partial charge in [0.2, 0.25) is 5.91 Å². The minimum atomic E-state index is -1.34. The zero-order chi connectivity index (χ0) is 40.5. The van der Waals surface area contributed by atoms with Crippen molar-refractivity contribution in [3.8, 4) is 17.6 Å². The van der Waals surface area contributed by atoms with Crippen LogP contribution in [0.1, 0.15) is 81.5 Å². The number of Topliss-reactive ketones (excluding diaryl/α,β-unsaturated/α-hetero) is 2. The molecule has 282 valence electrons. The highest BCUT2D eigenvalue weighted by Crippen LogP contribution is 2.32. The number of hydrogen-bond acceptors (Lipinski definition) is 11. The smallest absolute Gasteiger partial charge is 0.339 e. The van der Waals surface area contributed by atoms with E-state index in [9.17, 15) is 49.3 Å². The number of amides is 3. The van der Waals surface area contributed by atoms with Gasteiger partial charge in [-0.25, -0.2) is 9.78 Å². The molecular formula is C41H34N6O9. The summed E-state index contributed by atoms with van der Waals surface area (Å²) in [5.74, 6) is -5.71. The normalized spacial score (nSPS) is 11.1. The van der Waals surface area contributed by atoms with Crippen LogP contribution in [0.25, 0.3) is 0 Å². The Balaban J connectivity index is 1.17. The fourth-order valence-electron chi connectivity index (χ4n) is 5.60. The molecule has 0 bridgehead atoms. The van der Waals surface area contributed by atoms with Crippen LogP contribution in [0.5, 0.6) is 11.5 Å². The minimum Gasteiger partial charge on any atom is -0.507 e. The van der Waals surface area contributed by atoms with Gasteiger partial charge in [0.15, 0.2) is 11.6 Å². The quantitative estimate of drug-likeness (QED) is 0.0728. The van der Waals surface area contributed by atoms with E-state index in [-0.39, 0.29) is 75.7 Å².